The molecule has 17 heavy (non-hydrogen) atoms. The lowest BCUT2D eigenvalue weighted by Crippen LogP contribution is -1.97. The molecule has 0 unspecified atom stereocenters. The molecule has 0 aliphatic heterocycles. The van der Waals surface area contributed by atoms with Crippen LogP contribution in [0.4, 0.5) is 4.39 Å². The van der Waals surface area contributed by atoms with Gasteiger partial charge in [-0.25, -0.2) is 9.18 Å². The third kappa shape index (κ3) is 2.25. The zero-order chi connectivity index (χ0) is 12.4. The van der Waals surface area contributed by atoms with Crippen LogP contribution in [0.5, 0.6) is 5.75 Å². The summed E-state index contributed by atoms with van der Waals surface area (Å²) in [5.41, 5.74) is 0.709. The first kappa shape index (κ1) is 11.1. The summed E-state index contributed by atoms with van der Waals surface area (Å²) in [6.45, 7) is 0. The van der Waals surface area contributed by atoms with E-state index in [1.807, 2.05) is 0 Å². The number of aromatic carboxylic acids is 1. The van der Waals surface area contributed by atoms with E-state index in [0.29, 0.717) is 5.56 Å². The molecule has 2 rings (SSSR count). The predicted octanol–water partition coefficient (Wildman–Crippen LogP) is 2.26. The predicted molar refractivity (Wildman–Crippen MR) is 58.2 cm³/mol. The SMILES string of the molecule is O=C(O)c1ccc(-c2ccc([O-])cc2)c(F)c1. The second-order valence-electron chi connectivity index (χ2n) is 3.52. The Kier molecular flexibility index (Phi) is 2.78. The Balaban J connectivity index is 2.46. The molecule has 0 spiro atoms. The van der Waals surface area contributed by atoms with Crippen LogP contribution in [-0.2, 0) is 0 Å². The number of benzene rings is 2. The fraction of sp³-hybridized carbons (Fsp3) is 0. The summed E-state index contributed by atoms with van der Waals surface area (Å²) in [7, 11) is 0. The van der Waals surface area contributed by atoms with Crippen LogP contribution in [0.15, 0.2) is 42.5 Å². The van der Waals surface area contributed by atoms with E-state index in [1.54, 1.807) is 0 Å². The van der Waals surface area contributed by atoms with Crippen LogP contribution < -0.4 is 5.11 Å². The first-order valence-corrected chi connectivity index (χ1v) is 4.88. The number of carboxylic acid groups (broad SMARTS) is 1. The van der Waals surface area contributed by atoms with Crippen LogP contribution in [0, 0.1) is 5.82 Å². The standard InChI is InChI=1S/C13H9FO3/c14-12-7-9(13(16)17)3-6-11(12)8-1-4-10(15)5-2-8/h1-7,15H,(H,16,17)/p-1. The molecule has 1 N–H and O–H groups in total. The van der Waals surface area contributed by atoms with Gasteiger partial charge in [0, 0.05) is 5.56 Å². The smallest absolute Gasteiger partial charge is 0.335 e. The molecule has 3 nitrogen and oxygen atoms in total. The molecule has 0 aliphatic carbocycles. The summed E-state index contributed by atoms with van der Waals surface area (Å²) >= 11 is 0. The van der Waals surface area contributed by atoms with Crippen molar-refractivity contribution in [2.45, 2.75) is 0 Å². The van der Waals surface area contributed by atoms with Gasteiger partial charge in [0.1, 0.15) is 5.82 Å². The largest absolute Gasteiger partial charge is 0.872 e. The van der Waals surface area contributed by atoms with Crippen LogP contribution in [0.1, 0.15) is 10.4 Å². The van der Waals surface area contributed by atoms with Gasteiger partial charge in [-0.1, -0.05) is 30.3 Å². The van der Waals surface area contributed by atoms with Crippen LogP contribution in [0.2, 0.25) is 0 Å². The Morgan fingerprint density at radius 2 is 1.76 bits per heavy atom. The van der Waals surface area contributed by atoms with Crippen molar-refractivity contribution in [3.63, 3.8) is 0 Å². The minimum Gasteiger partial charge on any atom is -0.872 e. The van der Waals surface area contributed by atoms with Crippen molar-refractivity contribution in [2.24, 2.45) is 0 Å². The molecular formula is C13H8FO3-. The average Bonchev–Trinajstić information content (AvgIpc) is 2.30. The van der Waals surface area contributed by atoms with Gasteiger partial charge in [-0.2, -0.15) is 0 Å². The van der Waals surface area contributed by atoms with E-state index in [2.05, 4.69) is 0 Å². The van der Waals surface area contributed by atoms with E-state index < -0.39 is 11.8 Å². The summed E-state index contributed by atoms with van der Waals surface area (Å²) < 4.78 is 13.7. The molecule has 0 atom stereocenters. The highest BCUT2D eigenvalue weighted by Crippen LogP contribution is 2.24. The van der Waals surface area contributed by atoms with Crippen LogP contribution in [-0.4, -0.2) is 11.1 Å². The van der Waals surface area contributed by atoms with Gasteiger partial charge in [0.05, 0.1) is 5.56 Å². The molecule has 86 valence electrons. The highest BCUT2D eigenvalue weighted by Gasteiger charge is 2.09. The van der Waals surface area contributed by atoms with Crippen molar-refractivity contribution < 1.29 is 19.4 Å². The molecular weight excluding hydrogens is 223 g/mol. The quantitative estimate of drug-likeness (QED) is 0.862. The van der Waals surface area contributed by atoms with Crippen molar-refractivity contribution in [1.29, 1.82) is 0 Å². The molecule has 2 aromatic carbocycles. The van der Waals surface area contributed by atoms with E-state index in [-0.39, 0.29) is 16.9 Å². The minimum atomic E-state index is -1.18. The van der Waals surface area contributed by atoms with Crippen molar-refractivity contribution >= 4 is 5.97 Å². The summed E-state index contributed by atoms with van der Waals surface area (Å²) in [4.78, 5) is 10.6. The minimum absolute atomic E-state index is 0.105. The first-order valence-electron chi connectivity index (χ1n) is 4.88. The van der Waals surface area contributed by atoms with E-state index >= 15 is 0 Å². The van der Waals surface area contributed by atoms with Gasteiger partial charge in [0.15, 0.2) is 0 Å². The molecule has 0 heterocycles. The Labute approximate surface area is 96.8 Å². The molecule has 4 heteroatoms. The van der Waals surface area contributed by atoms with Crippen LogP contribution >= 0.6 is 0 Å². The molecule has 0 bridgehead atoms. The Morgan fingerprint density at radius 3 is 2.29 bits per heavy atom. The van der Waals surface area contributed by atoms with Gasteiger partial charge >= 0.3 is 5.97 Å². The number of carbonyl (C=O) groups is 1. The highest BCUT2D eigenvalue weighted by molar-refractivity contribution is 5.88. The van der Waals surface area contributed by atoms with Gasteiger partial charge in [-0.15, -0.1) is 5.75 Å². The fourth-order valence-electron chi connectivity index (χ4n) is 1.52. The van der Waals surface area contributed by atoms with E-state index in [4.69, 9.17) is 5.11 Å². The van der Waals surface area contributed by atoms with Crippen molar-refractivity contribution in [3.05, 3.63) is 53.8 Å². The Bertz CT molecular complexity index is 561. The molecule has 2 aromatic rings. The van der Waals surface area contributed by atoms with Crippen molar-refractivity contribution in [1.82, 2.24) is 0 Å². The lowest BCUT2D eigenvalue weighted by molar-refractivity contribution is -0.268. The van der Waals surface area contributed by atoms with Crippen LogP contribution in [0.3, 0.4) is 0 Å². The topological polar surface area (TPSA) is 60.4 Å². The lowest BCUT2D eigenvalue weighted by Gasteiger charge is -2.08. The maximum Gasteiger partial charge on any atom is 0.335 e. The zero-order valence-corrected chi connectivity index (χ0v) is 8.68. The highest BCUT2D eigenvalue weighted by atomic mass is 19.1. The van der Waals surface area contributed by atoms with E-state index in [9.17, 15) is 14.3 Å². The van der Waals surface area contributed by atoms with Gasteiger partial charge in [-0.3, -0.25) is 0 Å². The summed E-state index contributed by atoms with van der Waals surface area (Å²) in [5.74, 6) is -1.95. The normalized spacial score (nSPS) is 10.2. The summed E-state index contributed by atoms with van der Waals surface area (Å²) in [6.07, 6.45) is 0. The van der Waals surface area contributed by atoms with Gasteiger partial charge in [-0.05, 0) is 17.7 Å². The molecule has 0 saturated carbocycles. The summed E-state index contributed by atoms with van der Waals surface area (Å²) in [6, 6.07) is 9.34. The first-order chi connectivity index (χ1) is 8.08. The fourth-order valence-corrected chi connectivity index (χ4v) is 1.52. The Morgan fingerprint density at radius 1 is 1.12 bits per heavy atom. The Hall–Kier alpha value is -2.36. The number of hydrogen-bond donors (Lipinski definition) is 1. The molecule has 0 saturated heterocycles. The van der Waals surface area contributed by atoms with Crippen LogP contribution in [0.25, 0.3) is 11.1 Å². The number of halogens is 1. The third-order valence-corrected chi connectivity index (χ3v) is 2.38. The number of carboxylic acids is 1. The van der Waals surface area contributed by atoms with E-state index in [1.165, 1.54) is 36.4 Å². The van der Waals surface area contributed by atoms with Crippen molar-refractivity contribution in [3.8, 4) is 16.9 Å². The molecule has 0 radical (unpaired) electrons. The second kappa shape index (κ2) is 4.25. The van der Waals surface area contributed by atoms with Gasteiger partial charge < -0.3 is 10.2 Å². The third-order valence-electron chi connectivity index (χ3n) is 2.38. The number of hydrogen-bond acceptors (Lipinski definition) is 2. The molecule has 0 fully saturated rings. The zero-order valence-electron chi connectivity index (χ0n) is 8.68. The van der Waals surface area contributed by atoms with Crippen molar-refractivity contribution in [2.75, 3.05) is 0 Å². The van der Waals surface area contributed by atoms with E-state index in [0.717, 1.165) is 6.07 Å². The molecule has 0 aliphatic rings. The van der Waals surface area contributed by atoms with Gasteiger partial charge in [0.2, 0.25) is 0 Å². The average molecular weight is 231 g/mol. The number of rotatable bonds is 2. The monoisotopic (exact) mass is 231 g/mol. The maximum absolute atomic E-state index is 13.7. The second-order valence-corrected chi connectivity index (χ2v) is 3.52. The molecule has 0 aromatic heterocycles. The summed E-state index contributed by atoms with van der Waals surface area (Å²) in [5, 5.41) is 19.6. The van der Waals surface area contributed by atoms with Gasteiger partial charge in [0.25, 0.3) is 0 Å². The molecule has 0 amide bonds. The lowest BCUT2D eigenvalue weighted by atomic mass is 10.0. The maximum atomic E-state index is 13.7.